The van der Waals surface area contributed by atoms with E-state index in [1.165, 1.54) is 11.3 Å². The summed E-state index contributed by atoms with van der Waals surface area (Å²) < 4.78 is 10.7. The minimum absolute atomic E-state index is 0.0403. The monoisotopic (exact) mass is 336 g/mol. The highest BCUT2D eigenvalue weighted by molar-refractivity contribution is 7.13. The van der Waals surface area contributed by atoms with Gasteiger partial charge in [-0.25, -0.2) is 4.98 Å². The fourth-order valence-electron chi connectivity index (χ4n) is 2.55. The molecule has 2 aromatic heterocycles. The first-order valence-electron chi connectivity index (χ1n) is 7.92. The number of furan rings is 1. The molecular formula is C17H24N2O3S. The molecule has 0 atom stereocenters. The number of amides is 1. The fraction of sp³-hybridized carbons (Fsp3) is 0.529. The van der Waals surface area contributed by atoms with Gasteiger partial charge in [-0.3, -0.25) is 4.79 Å². The lowest BCUT2D eigenvalue weighted by Crippen LogP contribution is -2.42. The molecule has 0 aliphatic carbocycles. The van der Waals surface area contributed by atoms with Crippen LogP contribution in [-0.2, 0) is 4.74 Å². The van der Waals surface area contributed by atoms with Crippen molar-refractivity contribution < 1.29 is 13.9 Å². The Morgan fingerprint density at radius 1 is 1.39 bits per heavy atom. The lowest BCUT2D eigenvalue weighted by molar-refractivity contribution is 0.0584. The van der Waals surface area contributed by atoms with Crippen LogP contribution in [0, 0.1) is 6.92 Å². The first-order chi connectivity index (χ1) is 11.1. The van der Waals surface area contributed by atoms with Crippen LogP contribution in [0.1, 0.15) is 42.9 Å². The zero-order chi connectivity index (χ0) is 16.8. The maximum Gasteiger partial charge on any atom is 0.273 e. The summed E-state index contributed by atoms with van der Waals surface area (Å²) in [5, 5.41) is 2.54. The lowest BCUT2D eigenvalue weighted by atomic mass is 10.1. The van der Waals surface area contributed by atoms with Crippen LogP contribution >= 0.6 is 11.3 Å². The van der Waals surface area contributed by atoms with Crippen molar-refractivity contribution in [3.05, 3.63) is 29.0 Å². The summed E-state index contributed by atoms with van der Waals surface area (Å²) in [7, 11) is 1.65. The van der Waals surface area contributed by atoms with Crippen LogP contribution in [-0.4, -0.2) is 42.1 Å². The molecule has 2 rings (SSSR count). The molecule has 2 aromatic rings. The highest BCUT2D eigenvalue weighted by Crippen LogP contribution is 2.26. The Balaban J connectivity index is 2.20. The van der Waals surface area contributed by atoms with E-state index in [1.807, 2.05) is 24.0 Å². The van der Waals surface area contributed by atoms with Crippen molar-refractivity contribution >= 4 is 17.2 Å². The van der Waals surface area contributed by atoms with E-state index >= 15 is 0 Å². The molecule has 0 aromatic carbocycles. The number of carbonyl (C=O) groups is 1. The zero-order valence-corrected chi connectivity index (χ0v) is 15.0. The topological polar surface area (TPSA) is 55.6 Å². The molecule has 0 spiro atoms. The van der Waals surface area contributed by atoms with E-state index in [4.69, 9.17) is 9.15 Å². The van der Waals surface area contributed by atoms with Gasteiger partial charge in [-0.15, -0.1) is 11.3 Å². The average molecular weight is 336 g/mol. The molecule has 0 fully saturated rings. The summed E-state index contributed by atoms with van der Waals surface area (Å²) in [6, 6.07) is 3.98. The van der Waals surface area contributed by atoms with Gasteiger partial charge in [0.05, 0.1) is 6.61 Å². The number of carbonyl (C=O) groups excluding carboxylic acids is 1. The van der Waals surface area contributed by atoms with Crippen molar-refractivity contribution in [1.29, 1.82) is 0 Å². The third-order valence-corrected chi connectivity index (χ3v) is 4.71. The second-order valence-corrected chi connectivity index (χ2v) is 6.27. The van der Waals surface area contributed by atoms with Crippen molar-refractivity contribution in [2.45, 2.75) is 39.7 Å². The van der Waals surface area contributed by atoms with Gasteiger partial charge in [0.2, 0.25) is 0 Å². The fourth-order valence-corrected chi connectivity index (χ4v) is 3.30. The largest absolute Gasteiger partial charge is 0.459 e. The van der Waals surface area contributed by atoms with Crippen LogP contribution in [0.15, 0.2) is 21.9 Å². The standard InChI is InChI=1S/C17H24N2O3S/c1-5-13(6-2)19(9-10-21-4)17(20)14-11-23-16(18-14)15-8-7-12(3)22-15/h7-8,11,13H,5-6,9-10H2,1-4H3. The molecule has 1 amide bonds. The summed E-state index contributed by atoms with van der Waals surface area (Å²) in [6.07, 6.45) is 1.83. The highest BCUT2D eigenvalue weighted by atomic mass is 32.1. The van der Waals surface area contributed by atoms with Gasteiger partial charge < -0.3 is 14.1 Å². The Morgan fingerprint density at radius 3 is 2.70 bits per heavy atom. The first kappa shape index (κ1) is 17.7. The number of thiazole rings is 1. The number of methoxy groups -OCH3 is 1. The maximum absolute atomic E-state index is 12.8. The molecule has 6 heteroatoms. The zero-order valence-electron chi connectivity index (χ0n) is 14.2. The molecule has 126 valence electrons. The summed E-state index contributed by atoms with van der Waals surface area (Å²) in [5.74, 6) is 1.50. The van der Waals surface area contributed by atoms with Gasteiger partial charge in [0.1, 0.15) is 11.5 Å². The van der Waals surface area contributed by atoms with Gasteiger partial charge in [-0.2, -0.15) is 0 Å². The van der Waals surface area contributed by atoms with E-state index in [1.54, 1.807) is 12.5 Å². The molecule has 0 saturated heterocycles. The van der Waals surface area contributed by atoms with Gasteiger partial charge >= 0.3 is 0 Å². The van der Waals surface area contributed by atoms with Gasteiger partial charge in [0, 0.05) is 25.1 Å². The van der Waals surface area contributed by atoms with E-state index in [0.717, 1.165) is 23.6 Å². The average Bonchev–Trinajstić information content (AvgIpc) is 3.19. The van der Waals surface area contributed by atoms with E-state index in [0.29, 0.717) is 24.6 Å². The minimum Gasteiger partial charge on any atom is -0.459 e. The van der Waals surface area contributed by atoms with E-state index in [9.17, 15) is 4.79 Å². The van der Waals surface area contributed by atoms with Crippen molar-refractivity contribution in [2.24, 2.45) is 0 Å². The first-order valence-corrected chi connectivity index (χ1v) is 8.80. The van der Waals surface area contributed by atoms with Crippen molar-refractivity contribution in [1.82, 2.24) is 9.88 Å². The number of ether oxygens (including phenoxy) is 1. The van der Waals surface area contributed by atoms with Crippen LogP contribution in [0.4, 0.5) is 0 Å². The molecular weight excluding hydrogens is 312 g/mol. The van der Waals surface area contributed by atoms with Gasteiger partial charge in [-0.05, 0) is 31.9 Å². The summed E-state index contributed by atoms with van der Waals surface area (Å²) >= 11 is 1.43. The number of aromatic nitrogens is 1. The molecule has 0 aliphatic heterocycles. The smallest absolute Gasteiger partial charge is 0.273 e. The van der Waals surface area contributed by atoms with Crippen LogP contribution in [0.3, 0.4) is 0 Å². The Kier molecular flexibility index (Phi) is 6.36. The van der Waals surface area contributed by atoms with E-state index in [2.05, 4.69) is 18.8 Å². The maximum atomic E-state index is 12.8. The summed E-state index contributed by atoms with van der Waals surface area (Å²) in [4.78, 5) is 19.2. The number of rotatable bonds is 8. The Labute approximate surface area is 141 Å². The highest BCUT2D eigenvalue weighted by Gasteiger charge is 2.24. The third-order valence-electron chi connectivity index (χ3n) is 3.85. The normalized spacial score (nSPS) is 11.2. The van der Waals surface area contributed by atoms with Crippen molar-refractivity contribution in [3.8, 4) is 10.8 Å². The van der Waals surface area contributed by atoms with E-state index < -0.39 is 0 Å². The predicted molar refractivity (Wildman–Crippen MR) is 91.8 cm³/mol. The van der Waals surface area contributed by atoms with Crippen molar-refractivity contribution in [3.63, 3.8) is 0 Å². The molecule has 0 saturated carbocycles. The molecule has 2 heterocycles. The Bertz CT molecular complexity index is 631. The van der Waals surface area contributed by atoms with E-state index in [-0.39, 0.29) is 11.9 Å². The quantitative estimate of drug-likeness (QED) is 0.731. The van der Waals surface area contributed by atoms with Crippen LogP contribution in [0.25, 0.3) is 10.8 Å². The summed E-state index contributed by atoms with van der Waals surface area (Å²) in [6.45, 7) is 7.19. The van der Waals surface area contributed by atoms with Crippen molar-refractivity contribution in [2.75, 3.05) is 20.3 Å². The second kappa shape index (κ2) is 8.26. The third kappa shape index (κ3) is 4.20. The van der Waals surface area contributed by atoms with Gasteiger partial charge in [0.15, 0.2) is 10.8 Å². The molecule has 0 bridgehead atoms. The van der Waals surface area contributed by atoms with Gasteiger partial charge in [0.25, 0.3) is 5.91 Å². The van der Waals surface area contributed by atoms with Crippen LogP contribution in [0.2, 0.25) is 0 Å². The number of hydrogen-bond acceptors (Lipinski definition) is 5. The SMILES string of the molecule is CCC(CC)N(CCOC)C(=O)c1csc(-c2ccc(C)o2)n1. The molecule has 5 nitrogen and oxygen atoms in total. The molecule has 0 radical (unpaired) electrons. The minimum atomic E-state index is -0.0403. The Morgan fingerprint density at radius 2 is 2.13 bits per heavy atom. The summed E-state index contributed by atoms with van der Waals surface area (Å²) in [5.41, 5.74) is 0.474. The number of hydrogen-bond donors (Lipinski definition) is 0. The molecule has 23 heavy (non-hydrogen) atoms. The van der Waals surface area contributed by atoms with Crippen LogP contribution in [0.5, 0.6) is 0 Å². The number of aryl methyl sites for hydroxylation is 1. The molecule has 0 aliphatic rings. The molecule has 0 N–H and O–H groups in total. The number of nitrogens with zero attached hydrogens (tertiary/aromatic N) is 2. The molecule has 0 unspecified atom stereocenters. The predicted octanol–water partition coefficient (Wildman–Crippen LogP) is 3.99. The van der Waals surface area contributed by atoms with Gasteiger partial charge in [-0.1, -0.05) is 13.8 Å². The van der Waals surface area contributed by atoms with Crippen LogP contribution < -0.4 is 0 Å². The second-order valence-electron chi connectivity index (χ2n) is 5.41. The Hall–Kier alpha value is -1.66. The lowest BCUT2D eigenvalue weighted by Gasteiger charge is -2.29.